The number of hydrogen-bond acceptors (Lipinski definition) is 2. The monoisotopic (exact) mass is 233 g/mol. The van der Waals surface area contributed by atoms with E-state index in [0.29, 0.717) is 0 Å². The summed E-state index contributed by atoms with van der Waals surface area (Å²) >= 11 is 0. The van der Waals surface area contributed by atoms with Crippen molar-refractivity contribution in [2.75, 3.05) is 0 Å². The Morgan fingerprint density at radius 2 is 2.00 bits per heavy atom. The molecular weight excluding hydrogens is 210 g/mol. The number of hydrogen-bond donors (Lipinski definition) is 2. The van der Waals surface area contributed by atoms with Gasteiger partial charge in [0.2, 0.25) is 0 Å². The topological polar surface area (TPSA) is 32.3 Å². The third-order valence-corrected chi connectivity index (χ3v) is 3.78. The summed E-state index contributed by atoms with van der Waals surface area (Å²) in [6.45, 7) is 5.14. The van der Waals surface area contributed by atoms with Crippen molar-refractivity contribution in [1.29, 1.82) is 0 Å². The van der Waals surface area contributed by atoms with Crippen molar-refractivity contribution in [3.05, 3.63) is 34.9 Å². The summed E-state index contributed by atoms with van der Waals surface area (Å²) in [5.74, 6) is 0. The first-order chi connectivity index (χ1) is 8.16. The van der Waals surface area contributed by atoms with Crippen LogP contribution in [-0.2, 0) is 6.54 Å². The lowest BCUT2D eigenvalue weighted by molar-refractivity contribution is 0.0902. The molecule has 0 heterocycles. The fourth-order valence-electron chi connectivity index (χ4n) is 2.63. The van der Waals surface area contributed by atoms with Gasteiger partial charge in [0.1, 0.15) is 0 Å². The molecule has 17 heavy (non-hydrogen) atoms. The lowest BCUT2D eigenvalue weighted by atomic mass is 9.92. The van der Waals surface area contributed by atoms with Gasteiger partial charge in [0, 0.05) is 12.6 Å². The minimum atomic E-state index is -0.158. The SMILES string of the molecule is Cc1ccc(CN[C@@H]2CCCC[C@H]2O)c(C)c1. The summed E-state index contributed by atoms with van der Waals surface area (Å²) in [5, 5.41) is 13.4. The van der Waals surface area contributed by atoms with E-state index < -0.39 is 0 Å². The van der Waals surface area contributed by atoms with E-state index in [1.165, 1.54) is 29.5 Å². The van der Waals surface area contributed by atoms with Crippen LogP contribution in [0.5, 0.6) is 0 Å². The van der Waals surface area contributed by atoms with Crippen molar-refractivity contribution in [2.45, 2.75) is 58.2 Å². The summed E-state index contributed by atoms with van der Waals surface area (Å²) < 4.78 is 0. The minimum Gasteiger partial charge on any atom is -0.392 e. The minimum absolute atomic E-state index is 0.158. The van der Waals surface area contributed by atoms with Crippen LogP contribution >= 0.6 is 0 Å². The van der Waals surface area contributed by atoms with E-state index in [1.807, 2.05) is 0 Å². The molecule has 0 aliphatic heterocycles. The standard InChI is InChI=1S/C15H23NO/c1-11-7-8-13(12(2)9-11)10-16-14-5-3-4-6-15(14)17/h7-9,14-17H,3-6,10H2,1-2H3/t14-,15-/m1/s1. The zero-order valence-corrected chi connectivity index (χ0v) is 10.9. The highest BCUT2D eigenvalue weighted by atomic mass is 16.3. The third-order valence-electron chi connectivity index (χ3n) is 3.78. The first kappa shape index (κ1) is 12.6. The second kappa shape index (κ2) is 5.65. The van der Waals surface area contributed by atoms with Crippen LogP contribution in [0.2, 0.25) is 0 Å². The number of aryl methyl sites for hydroxylation is 2. The predicted molar refractivity (Wildman–Crippen MR) is 71.0 cm³/mol. The van der Waals surface area contributed by atoms with Crippen LogP contribution in [0.25, 0.3) is 0 Å². The van der Waals surface area contributed by atoms with Crippen molar-refractivity contribution in [3.63, 3.8) is 0 Å². The quantitative estimate of drug-likeness (QED) is 0.841. The molecule has 2 rings (SSSR count). The molecule has 1 saturated carbocycles. The number of aliphatic hydroxyl groups is 1. The maximum absolute atomic E-state index is 9.90. The molecule has 2 heteroatoms. The molecule has 2 nitrogen and oxygen atoms in total. The first-order valence-corrected chi connectivity index (χ1v) is 6.64. The summed E-state index contributed by atoms with van der Waals surface area (Å²) in [7, 11) is 0. The Morgan fingerprint density at radius 1 is 1.24 bits per heavy atom. The first-order valence-electron chi connectivity index (χ1n) is 6.64. The molecule has 1 aromatic rings. The predicted octanol–water partition coefficient (Wildman–Crippen LogP) is 2.70. The summed E-state index contributed by atoms with van der Waals surface area (Å²) in [4.78, 5) is 0. The molecule has 0 aromatic heterocycles. The molecule has 0 saturated heterocycles. The van der Waals surface area contributed by atoms with E-state index in [4.69, 9.17) is 0 Å². The lowest BCUT2D eigenvalue weighted by Gasteiger charge is -2.28. The molecule has 1 fully saturated rings. The zero-order chi connectivity index (χ0) is 12.3. The number of benzene rings is 1. The number of nitrogens with one attached hydrogen (secondary N) is 1. The molecule has 1 aliphatic carbocycles. The molecule has 2 atom stereocenters. The van der Waals surface area contributed by atoms with Gasteiger partial charge < -0.3 is 10.4 Å². The Balaban J connectivity index is 1.92. The van der Waals surface area contributed by atoms with Crippen molar-refractivity contribution < 1.29 is 5.11 Å². The van der Waals surface area contributed by atoms with Gasteiger partial charge in [-0.3, -0.25) is 0 Å². The van der Waals surface area contributed by atoms with Gasteiger partial charge in [-0.15, -0.1) is 0 Å². The highest BCUT2D eigenvalue weighted by Crippen LogP contribution is 2.19. The molecule has 1 aromatic carbocycles. The van der Waals surface area contributed by atoms with Crippen molar-refractivity contribution in [3.8, 4) is 0 Å². The van der Waals surface area contributed by atoms with Crippen molar-refractivity contribution in [2.24, 2.45) is 0 Å². The Morgan fingerprint density at radius 3 is 2.71 bits per heavy atom. The van der Waals surface area contributed by atoms with Crippen molar-refractivity contribution >= 4 is 0 Å². The normalized spacial score (nSPS) is 24.9. The van der Waals surface area contributed by atoms with Gasteiger partial charge in [0.05, 0.1) is 6.10 Å². The molecule has 0 amide bonds. The van der Waals surface area contributed by atoms with E-state index >= 15 is 0 Å². The fourth-order valence-corrected chi connectivity index (χ4v) is 2.63. The number of rotatable bonds is 3. The fraction of sp³-hybridized carbons (Fsp3) is 0.600. The number of aliphatic hydroxyl groups excluding tert-OH is 1. The van der Waals surface area contributed by atoms with Gasteiger partial charge >= 0.3 is 0 Å². The Hall–Kier alpha value is -0.860. The van der Waals surface area contributed by atoms with Crippen LogP contribution in [0.15, 0.2) is 18.2 Å². The van der Waals surface area contributed by atoms with Crippen LogP contribution in [0, 0.1) is 13.8 Å². The van der Waals surface area contributed by atoms with Crippen LogP contribution in [0.4, 0.5) is 0 Å². The van der Waals surface area contributed by atoms with E-state index in [9.17, 15) is 5.11 Å². The smallest absolute Gasteiger partial charge is 0.0693 e. The van der Waals surface area contributed by atoms with Crippen LogP contribution in [0.3, 0.4) is 0 Å². The van der Waals surface area contributed by atoms with Gasteiger partial charge in [-0.25, -0.2) is 0 Å². The van der Waals surface area contributed by atoms with E-state index in [2.05, 4.69) is 37.4 Å². The van der Waals surface area contributed by atoms with Gasteiger partial charge in [0.25, 0.3) is 0 Å². The Kier molecular flexibility index (Phi) is 4.19. The van der Waals surface area contributed by atoms with Gasteiger partial charge in [-0.1, -0.05) is 36.6 Å². The van der Waals surface area contributed by atoms with Gasteiger partial charge in [-0.2, -0.15) is 0 Å². The molecule has 0 spiro atoms. The van der Waals surface area contributed by atoms with Crippen LogP contribution in [0.1, 0.15) is 42.4 Å². The highest BCUT2D eigenvalue weighted by molar-refractivity contribution is 5.30. The molecule has 0 radical (unpaired) electrons. The average Bonchev–Trinajstić information content (AvgIpc) is 2.30. The van der Waals surface area contributed by atoms with Gasteiger partial charge in [0.15, 0.2) is 0 Å². The van der Waals surface area contributed by atoms with E-state index in [0.717, 1.165) is 19.4 Å². The molecule has 0 bridgehead atoms. The average molecular weight is 233 g/mol. The van der Waals surface area contributed by atoms with Crippen molar-refractivity contribution in [1.82, 2.24) is 5.32 Å². The zero-order valence-electron chi connectivity index (χ0n) is 10.9. The van der Waals surface area contributed by atoms with Crippen LogP contribution < -0.4 is 5.32 Å². The van der Waals surface area contributed by atoms with E-state index in [-0.39, 0.29) is 12.1 Å². The second-order valence-electron chi connectivity index (χ2n) is 5.27. The van der Waals surface area contributed by atoms with Crippen LogP contribution in [-0.4, -0.2) is 17.3 Å². The molecular formula is C15H23NO. The largest absolute Gasteiger partial charge is 0.392 e. The summed E-state index contributed by atoms with van der Waals surface area (Å²) in [6, 6.07) is 6.84. The molecule has 1 aliphatic rings. The molecule has 94 valence electrons. The molecule has 2 N–H and O–H groups in total. The Bertz CT molecular complexity index is 375. The second-order valence-corrected chi connectivity index (χ2v) is 5.27. The Labute approximate surface area is 104 Å². The lowest BCUT2D eigenvalue weighted by Crippen LogP contribution is -2.41. The maximum Gasteiger partial charge on any atom is 0.0693 e. The molecule has 0 unspecified atom stereocenters. The van der Waals surface area contributed by atoms with Gasteiger partial charge in [-0.05, 0) is 37.8 Å². The third kappa shape index (κ3) is 3.30. The summed E-state index contributed by atoms with van der Waals surface area (Å²) in [5.41, 5.74) is 3.99. The highest BCUT2D eigenvalue weighted by Gasteiger charge is 2.22. The summed E-state index contributed by atoms with van der Waals surface area (Å²) in [6.07, 6.45) is 4.30. The maximum atomic E-state index is 9.90. The van der Waals surface area contributed by atoms with E-state index in [1.54, 1.807) is 0 Å².